The van der Waals surface area contributed by atoms with Gasteiger partial charge in [-0.05, 0) is 56.1 Å². The molecule has 1 amide bonds. The van der Waals surface area contributed by atoms with E-state index in [1.54, 1.807) is 0 Å². The molecular formula is C17H15F9N2O. The zero-order chi connectivity index (χ0) is 21.8. The minimum absolute atomic E-state index is 0.224. The van der Waals surface area contributed by atoms with Crippen molar-refractivity contribution in [2.24, 2.45) is 0 Å². The monoisotopic (exact) mass is 434 g/mol. The Bertz CT molecular complexity index is 833. The normalized spacial score (nSPS) is 17.7. The van der Waals surface area contributed by atoms with Crippen molar-refractivity contribution in [3.05, 3.63) is 22.5 Å². The van der Waals surface area contributed by atoms with E-state index in [4.69, 9.17) is 0 Å². The predicted molar refractivity (Wildman–Crippen MR) is 82.4 cm³/mol. The van der Waals surface area contributed by atoms with Crippen LogP contribution in [0.2, 0.25) is 0 Å². The molecule has 0 unspecified atom stereocenters. The Morgan fingerprint density at radius 2 is 1.21 bits per heavy atom. The molecule has 162 valence electrons. The van der Waals surface area contributed by atoms with E-state index >= 15 is 0 Å². The van der Waals surface area contributed by atoms with E-state index in [1.165, 1.54) is 5.32 Å². The van der Waals surface area contributed by atoms with Gasteiger partial charge in [-0.2, -0.15) is 39.5 Å². The Morgan fingerprint density at radius 3 is 1.76 bits per heavy atom. The summed E-state index contributed by atoms with van der Waals surface area (Å²) in [6.45, 7) is 0. The average molecular weight is 434 g/mol. The average Bonchev–Trinajstić information content (AvgIpc) is 3.08. The van der Waals surface area contributed by atoms with Gasteiger partial charge in [-0.25, -0.2) is 0 Å². The Kier molecular flexibility index (Phi) is 5.06. The highest BCUT2D eigenvalue weighted by atomic mass is 19.4. The van der Waals surface area contributed by atoms with Crippen molar-refractivity contribution in [1.82, 2.24) is 4.98 Å². The molecule has 0 bridgehead atoms. The zero-order valence-corrected chi connectivity index (χ0v) is 14.7. The smallest absolute Gasteiger partial charge is 0.320 e. The molecule has 1 heterocycles. The number of rotatable bonds is 4. The lowest BCUT2D eigenvalue weighted by molar-refractivity contribution is -0.388. The first kappa shape index (κ1) is 21.7. The second-order valence-electron chi connectivity index (χ2n) is 7.07. The minimum atomic E-state index is -7.11. The Hall–Kier alpha value is -2.01. The van der Waals surface area contributed by atoms with Gasteiger partial charge in [-0.15, -0.1) is 0 Å². The standard InChI is InChI=1S/C17H15F9N2O/c18-14(19,15(20,21)16(22,23)17(24,25)26)13(29)28-12-8-4-1-2-6-10(8)27-11-7-3-5-9(11)12/h1-7H2,(H,27,28,29). The number of alkyl halides is 9. The van der Waals surface area contributed by atoms with Gasteiger partial charge in [-0.3, -0.25) is 9.78 Å². The topological polar surface area (TPSA) is 42.0 Å². The first-order valence-corrected chi connectivity index (χ1v) is 8.77. The number of aryl methyl sites for hydroxylation is 2. The Labute approximate surface area is 158 Å². The molecular weight excluding hydrogens is 419 g/mol. The SMILES string of the molecule is O=C(Nc1c2c(nc3c1CCC3)CCCC2)C(F)(F)C(F)(F)C(F)(F)C(F)(F)F. The van der Waals surface area contributed by atoms with Crippen LogP contribution in [-0.4, -0.2) is 34.8 Å². The molecule has 0 radical (unpaired) electrons. The van der Waals surface area contributed by atoms with Crippen molar-refractivity contribution in [2.45, 2.75) is 68.9 Å². The third kappa shape index (κ3) is 3.24. The number of hydrogen-bond acceptors (Lipinski definition) is 2. The van der Waals surface area contributed by atoms with Crippen LogP contribution < -0.4 is 5.32 Å². The Balaban J connectivity index is 1.99. The number of nitrogens with zero attached hydrogens (tertiary/aromatic N) is 1. The highest BCUT2D eigenvalue weighted by molar-refractivity contribution is 5.98. The molecule has 0 fully saturated rings. The lowest BCUT2D eigenvalue weighted by Gasteiger charge is -2.33. The van der Waals surface area contributed by atoms with E-state index in [9.17, 15) is 44.3 Å². The van der Waals surface area contributed by atoms with Crippen molar-refractivity contribution in [3.8, 4) is 0 Å². The van der Waals surface area contributed by atoms with E-state index in [-0.39, 0.29) is 18.5 Å². The predicted octanol–water partition coefficient (Wildman–Crippen LogP) is 4.86. The molecule has 1 N–H and O–H groups in total. The fourth-order valence-corrected chi connectivity index (χ4v) is 3.61. The van der Waals surface area contributed by atoms with Crippen LogP contribution in [0.15, 0.2) is 0 Å². The summed E-state index contributed by atoms with van der Waals surface area (Å²) >= 11 is 0. The molecule has 0 aliphatic heterocycles. The van der Waals surface area contributed by atoms with Crippen LogP contribution in [-0.2, 0) is 30.5 Å². The van der Waals surface area contributed by atoms with Crippen LogP contribution in [0, 0.1) is 0 Å². The zero-order valence-electron chi connectivity index (χ0n) is 14.7. The molecule has 12 heteroatoms. The lowest BCUT2D eigenvalue weighted by Crippen LogP contribution is -2.64. The number of halogens is 9. The molecule has 0 saturated carbocycles. The summed E-state index contributed by atoms with van der Waals surface area (Å²) in [7, 11) is 0. The van der Waals surface area contributed by atoms with E-state index in [1.807, 2.05) is 0 Å². The maximum atomic E-state index is 13.9. The summed E-state index contributed by atoms with van der Waals surface area (Å²) in [5.74, 6) is -23.3. The third-order valence-corrected chi connectivity index (χ3v) is 5.17. The number of carbonyl (C=O) groups is 1. The lowest BCUT2D eigenvalue weighted by atomic mass is 9.92. The summed E-state index contributed by atoms with van der Waals surface area (Å²) in [5.41, 5.74) is 1.37. The van der Waals surface area contributed by atoms with Gasteiger partial charge in [0.05, 0.1) is 5.69 Å². The van der Waals surface area contributed by atoms with E-state index in [0.29, 0.717) is 48.2 Å². The van der Waals surface area contributed by atoms with Crippen LogP contribution in [0.3, 0.4) is 0 Å². The molecule has 0 spiro atoms. The van der Waals surface area contributed by atoms with Crippen molar-refractivity contribution < 1.29 is 44.3 Å². The van der Waals surface area contributed by atoms with Gasteiger partial charge >= 0.3 is 29.9 Å². The van der Waals surface area contributed by atoms with Crippen molar-refractivity contribution >= 4 is 11.6 Å². The highest BCUT2D eigenvalue weighted by Crippen LogP contribution is 2.53. The third-order valence-electron chi connectivity index (χ3n) is 5.17. The number of amides is 1. The Morgan fingerprint density at radius 1 is 0.724 bits per heavy atom. The number of carbonyl (C=O) groups excluding carboxylic acids is 1. The molecule has 0 aromatic carbocycles. The van der Waals surface area contributed by atoms with Crippen molar-refractivity contribution in [3.63, 3.8) is 0 Å². The highest BCUT2D eigenvalue weighted by Gasteiger charge is 2.83. The van der Waals surface area contributed by atoms with Crippen LogP contribution >= 0.6 is 0 Å². The molecule has 0 atom stereocenters. The molecule has 0 saturated heterocycles. The minimum Gasteiger partial charge on any atom is -0.320 e. The molecule has 2 aliphatic rings. The molecule has 3 nitrogen and oxygen atoms in total. The van der Waals surface area contributed by atoms with Gasteiger partial charge in [0.15, 0.2) is 0 Å². The summed E-state index contributed by atoms with van der Waals surface area (Å²) in [6.07, 6.45) is -3.65. The van der Waals surface area contributed by atoms with Crippen LogP contribution in [0.1, 0.15) is 41.8 Å². The second kappa shape index (κ2) is 6.76. The fraction of sp³-hybridized carbons (Fsp3) is 0.647. The van der Waals surface area contributed by atoms with Gasteiger partial charge in [0.25, 0.3) is 0 Å². The fourth-order valence-electron chi connectivity index (χ4n) is 3.61. The number of nitrogens with one attached hydrogen (secondary N) is 1. The number of hydrogen-bond donors (Lipinski definition) is 1. The van der Waals surface area contributed by atoms with E-state index in [0.717, 1.165) is 6.42 Å². The van der Waals surface area contributed by atoms with Gasteiger partial charge in [-0.1, -0.05) is 0 Å². The largest absolute Gasteiger partial charge is 0.460 e. The van der Waals surface area contributed by atoms with Gasteiger partial charge in [0, 0.05) is 11.4 Å². The van der Waals surface area contributed by atoms with Crippen LogP contribution in [0.5, 0.6) is 0 Å². The van der Waals surface area contributed by atoms with Gasteiger partial charge in [0.1, 0.15) is 0 Å². The number of anilines is 1. The second-order valence-corrected chi connectivity index (χ2v) is 7.07. The maximum absolute atomic E-state index is 13.9. The first-order chi connectivity index (χ1) is 13.2. The van der Waals surface area contributed by atoms with Gasteiger partial charge in [0.2, 0.25) is 0 Å². The maximum Gasteiger partial charge on any atom is 0.460 e. The molecule has 2 aliphatic carbocycles. The summed E-state index contributed by atoms with van der Waals surface area (Å²) in [6, 6.07) is 0. The summed E-state index contributed by atoms with van der Waals surface area (Å²) in [4.78, 5) is 16.3. The molecule has 29 heavy (non-hydrogen) atoms. The van der Waals surface area contributed by atoms with Crippen molar-refractivity contribution in [1.29, 1.82) is 0 Å². The number of fused-ring (bicyclic) bond motifs is 2. The number of pyridine rings is 1. The number of aromatic nitrogens is 1. The summed E-state index contributed by atoms with van der Waals surface area (Å²) in [5, 5.41) is 1.53. The van der Waals surface area contributed by atoms with Crippen LogP contribution in [0.25, 0.3) is 0 Å². The van der Waals surface area contributed by atoms with Gasteiger partial charge < -0.3 is 5.32 Å². The van der Waals surface area contributed by atoms with Crippen molar-refractivity contribution in [2.75, 3.05) is 5.32 Å². The molecule has 1 aromatic rings. The quantitative estimate of drug-likeness (QED) is 0.689. The molecule has 1 aromatic heterocycles. The van der Waals surface area contributed by atoms with E-state index < -0.39 is 29.9 Å². The summed E-state index contributed by atoms with van der Waals surface area (Å²) < 4.78 is 118. The molecule has 3 rings (SSSR count). The van der Waals surface area contributed by atoms with E-state index in [2.05, 4.69) is 4.98 Å². The first-order valence-electron chi connectivity index (χ1n) is 8.77. The van der Waals surface area contributed by atoms with Crippen LogP contribution in [0.4, 0.5) is 45.2 Å².